The van der Waals surface area contributed by atoms with Gasteiger partial charge in [-0.2, -0.15) is 0 Å². The number of aliphatic hydroxyl groups excluding tert-OH is 4. The second-order valence-corrected chi connectivity index (χ2v) is 4.56. The van der Waals surface area contributed by atoms with Gasteiger partial charge < -0.3 is 29.9 Å². The summed E-state index contributed by atoms with van der Waals surface area (Å²) in [6.07, 6.45) is -4.88. The van der Waals surface area contributed by atoms with Gasteiger partial charge in [0.15, 0.2) is 0 Å². The fourth-order valence-corrected chi connectivity index (χ4v) is 2.05. The van der Waals surface area contributed by atoms with Gasteiger partial charge >= 0.3 is 0 Å². The Labute approximate surface area is 116 Å². The summed E-state index contributed by atoms with van der Waals surface area (Å²) < 4.78 is 10.8. The molecule has 1 aliphatic rings. The quantitative estimate of drug-likeness (QED) is 0.594. The highest BCUT2D eigenvalue weighted by molar-refractivity contribution is 5.55. The SMILES string of the molecule is C=Cc1ccccc1O[C@@H]1O[C@H](CO)[C@@H](O)[C@H](O)[C@H]1O. The van der Waals surface area contributed by atoms with Crippen molar-refractivity contribution in [2.75, 3.05) is 6.61 Å². The third-order valence-electron chi connectivity index (χ3n) is 3.23. The lowest BCUT2D eigenvalue weighted by Crippen LogP contribution is -2.60. The molecule has 1 fully saturated rings. The second kappa shape index (κ2) is 6.34. The van der Waals surface area contributed by atoms with Crippen LogP contribution in [0.25, 0.3) is 6.08 Å². The molecular formula is C14H18O6. The maximum absolute atomic E-state index is 9.88. The molecule has 110 valence electrons. The van der Waals surface area contributed by atoms with Crippen LogP contribution in [0.2, 0.25) is 0 Å². The van der Waals surface area contributed by atoms with E-state index in [-0.39, 0.29) is 0 Å². The van der Waals surface area contributed by atoms with Crippen molar-refractivity contribution in [2.45, 2.75) is 30.7 Å². The van der Waals surface area contributed by atoms with Gasteiger partial charge in [-0.15, -0.1) is 0 Å². The summed E-state index contributed by atoms with van der Waals surface area (Å²) in [7, 11) is 0. The summed E-state index contributed by atoms with van der Waals surface area (Å²) in [6, 6.07) is 6.98. The Balaban J connectivity index is 2.17. The summed E-state index contributed by atoms with van der Waals surface area (Å²) in [5.74, 6) is 0.423. The van der Waals surface area contributed by atoms with E-state index in [1.807, 2.05) is 0 Å². The van der Waals surface area contributed by atoms with Crippen LogP contribution in [0.15, 0.2) is 30.8 Å². The summed E-state index contributed by atoms with van der Waals surface area (Å²) in [5, 5.41) is 38.3. The lowest BCUT2D eigenvalue weighted by Gasteiger charge is -2.39. The van der Waals surface area contributed by atoms with Crippen LogP contribution >= 0.6 is 0 Å². The summed E-state index contributed by atoms with van der Waals surface area (Å²) in [6.45, 7) is 3.16. The number of benzene rings is 1. The topological polar surface area (TPSA) is 99.4 Å². The average Bonchev–Trinajstić information content (AvgIpc) is 2.48. The van der Waals surface area contributed by atoms with Crippen molar-refractivity contribution in [3.8, 4) is 5.75 Å². The average molecular weight is 282 g/mol. The zero-order valence-corrected chi connectivity index (χ0v) is 10.8. The maximum atomic E-state index is 9.88. The van der Waals surface area contributed by atoms with Crippen molar-refractivity contribution in [1.29, 1.82) is 0 Å². The van der Waals surface area contributed by atoms with Gasteiger partial charge in [0.2, 0.25) is 6.29 Å². The van der Waals surface area contributed by atoms with Gasteiger partial charge in [0.25, 0.3) is 0 Å². The zero-order valence-electron chi connectivity index (χ0n) is 10.8. The normalized spacial score (nSPS) is 33.7. The predicted molar refractivity (Wildman–Crippen MR) is 70.9 cm³/mol. The Morgan fingerprint density at radius 1 is 1.15 bits per heavy atom. The fraction of sp³-hybridized carbons (Fsp3) is 0.429. The molecule has 0 aromatic heterocycles. The molecule has 5 atom stereocenters. The molecule has 2 rings (SSSR count). The molecule has 0 amide bonds. The first kappa shape index (κ1) is 15.0. The van der Waals surface area contributed by atoms with Crippen LogP contribution in [0.5, 0.6) is 5.75 Å². The van der Waals surface area contributed by atoms with Crippen molar-refractivity contribution in [1.82, 2.24) is 0 Å². The van der Waals surface area contributed by atoms with Gasteiger partial charge in [-0.3, -0.25) is 0 Å². The number of rotatable bonds is 4. The molecule has 1 heterocycles. The van der Waals surface area contributed by atoms with Crippen molar-refractivity contribution >= 4 is 6.08 Å². The standard InChI is InChI=1S/C14H18O6/c1-2-8-5-3-4-6-9(8)19-14-13(18)12(17)11(16)10(7-15)20-14/h2-6,10-18H,1,7H2/t10-,11-,12+,13-,14-/m1/s1. The third-order valence-corrected chi connectivity index (χ3v) is 3.23. The van der Waals surface area contributed by atoms with Gasteiger partial charge in [0.1, 0.15) is 30.2 Å². The number of hydrogen-bond acceptors (Lipinski definition) is 6. The lowest BCUT2D eigenvalue weighted by atomic mass is 9.99. The molecule has 0 aliphatic carbocycles. The molecule has 0 saturated carbocycles. The number of aliphatic hydroxyl groups is 4. The van der Waals surface area contributed by atoms with E-state index in [1.165, 1.54) is 0 Å². The molecule has 0 radical (unpaired) electrons. The monoisotopic (exact) mass is 282 g/mol. The van der Waals surface area contributed by atoms with Crippen LogP contribution in [-0.2, 0) is 4.74 Å². The first-order valence-corrected chi connectivity index (χ1v) is 6.27. The Kier molecular flexibility index (Phi) is 4.74. The molecule has 6 heteroatoms. The van der Waals surface area contributed by atoms with E-state index in [0.29, 0.717) is 11.3 Å². The molecule has 1 aromatic rings. The molecule has 20 heavy (non-hydrogen) atoms. The van der Waals surface area contributed by atoms with E-state index in [1.54, 1.807) is 30.3 Å². The van der Waals surface area contributed by atoms with E-state index >= 15 is 0 Å². The molecular weight excluding hydrogens is 264 g/mol. The van der Waals surface area contributed by atoms with Crippen molar-refractivity contribution < 1.29 is 29.9 Å². The number of para-hydroxylation sites is 1. The molecule has 1 aromatic carbocycles. The zero-order chi connectivity index (χ0) is 14.7. The third kappa shape index (κ3) is 2.84. The van der Waals surface area contributed by atoms with Crippen LogP contribution in [0.3, 0.4) is 0 Å². The lowest BCUT2D eigenvalue weighted by molar-refractivity contribution is -0.277. The minimum absolute atomic E-state index is 0.423. The first-order chi connectivity index (χ1) is 9.58. The van der Waals surface area contributed by atoms with Crippen LogP contribution in [-0.4, -0.2) is 57.7 Å². The van der Waals surface area contributed by atoms with Crippen molar-refractivity contribution in [3.63, 3.8) is 0 Å². The Morgan fingerprint density at radius 3 is 2.50 bits per heavy atom. The molecule has 1 aliphatic heterocycles. The van der Waals surface area contributed by atoms with Crippen molar-refractivity contribution in [2.24, 2.45) is 0 Å². The van der Waals surface area contributed by atoms with E-state index in [9.17, 15) is 15.3 Å². The van der Waals surface area contributed by atoms with Gasteiger partial charge in [-0.25, -0.2) is 0 Å². The van der Waals surface area contributed by atoms with E-state index in [2.05, 4.69) is 6.58 Å². The molecule has 0 spiro atoms. The van der Waals surface area contributed by atoms with E-state index in [0.717, 1.165) is 0 Å². The maximum Gasteiger partial charge on any atom is 0.229 e. The summed E-state index contributed by atoms with van der Waals surface area (Å²) in [4.78, 5) is 0. The molecule has 1 saturated heterocycles. The van der Waals surface area contributed by atoms with Crippen LogP contribution < -0.4 is 4.74 Å². The Morgan fingerprint density at radius 2 is 1.85 bits per heavy atom. The molecule has 4 N–H and O–H groups in total. The van der Waals surface area contributed by atoms with Crippen molar-refractivity contribution in [3.05, 3.63) is 36.4 Å². The first-order valence-electron chi connectivity index (χ1n) is 6.27. The van der Waals surface area contributed by atoms with Crippen LogP contribution in [0.1, 0.15) is 5.56 Å². The van der Waals surface area contributed by atoms with E-state index < -0.39 is 37.3 Å². The second-order valence-electron chi connectivity index (χ2n) is 4.56. The van der Waals surface area contributed by atoms with E-state index in [4.69, 9.17) is 14.6 Å². The molecule has 6 nitrogen and oxygen atoms in total. The van der Waals surface area contributed by atoms with Gasteiger partial charge in [-0.05, 0) is 6.07 Å². The van der Waals surface area contributed by atoms with Crippen LogP contribution in [0, 0.1) is 0 Å². The number of hydrogen-bond donors (Lipinski definition) is 4. The van der Waals surface area contributed by atoms with Gasteiger partial charge in [-0.1, -0.05) is 30.9 Å². The highest BCUT2D eigenvalue weighted by Gasteiger charge is 2.44. The molecule has 0 bridgehead atoms. The van der Waals surface area contributed by atoms with Gasteiger partial charge in [0, 0.05) is 5.56 Å². The Hall–Kier alpha value is -1.44. The summed E-state index contributed by atoms with van der Waals surface area (Å²) >= 11 is 0. The fourth-order valence-electron chi connectivity index (χ4n) is 2.05. The molecule has 0 unspecified atom stereocenters. The largest absolute Gasteiger partial charge is 0.461 e. The van der Waals surface area contributed by atoms with Crippen LogP contribution in [0.4, 0.5) is 0 Å². The highest BCUT2D eigenvalue weighted by atomic mass is 16.7. The summed E-state index contributed by atoms with van der Waals surface area (Å²) in [5.41, 5.74) is 0.699. The predicted octanol–water partition coefficient (Wildman–Crippen LogP) is -0.492. The minimum atomic E-state index is -1.46. The van der Waals surface area contributed by atoms with Gasteiger partial charge in [0.05, 0.1) is 6.61 Å². The smallest absolute Gasteiger partial charge is 0.229 e. The highest BCUT2D eigenvalue weighted by Crippen LogP contribution is 2.26. The number of ether oxygens (including phenoxy) is 2. The minimum Gasteiger partial charge on any atom is -0.461 e. The Bertz CT molecular complexity index is 461.